The van der Waals surface area contributed by atoms with Gasteiger partial charge in [-0.1, -0.05) is 42.3 Å². The molecule has 124 valence electrons. The highest BCUT2D eigenvalue weighted by Gasteiger charge is 2.27. The molecule has 0 N–H and O–H groups in total. The molecule has 0 spiro atoms. The lowest BCUT2D eigenvalue weighted by atomic mass is 10.2. The molecule has 0 unspecified atom stereocenters. The molecule has 0 aliphatic heterocycles. The average Bonchev–Trinajstić information content (AvgIpc) is 2.73. The van der Waals surface area contributed by atoms with Crippen LogP contribution in [-0.4, -0.2) is 0 Å². The van der Waals surface area contributed by atoms with E-state index in [1.807, 2.05) is 24.3 Å². The fourth-order valence-corrected chi connectivity index (χ4v) is 4.51. The Bertz CT molecular complexity index is 1080. The van der Waals surface area contributed by atoms with E-state index in [0.717, 1.165) is 5.56 Å². The second-order valence-electron chi connectivity index (χ2n) is 5.35. The number of benzene rings is 3. The Labute approximate surface area is 164 Å². The summed E-state index contributed by atoms with van der Waals surface area (Å²) < 4.78 is 0. The maximum absolute atomic E-state index is 5.03. The first-order chi connectivity index (χ1) is 13.4. The molecular formula is C26H15S+. The summed E-state index contributed by atoms with van der Waals surface area (Å²) >= 11 is 0. The van der Waals surface area contributed by atoms with Gasteiger partial charge >= 0.3 is 0 Å². The molecule has 3 aromatic rings. The molecule has 0 nitrogen and oxygen atoms in total. The Morgan fingerprint density at radius 1 is 0.519 bits per heavy atom. The first kappa shape index (κ1) is 18.1. The molecule has 0 bridgehead atoms. The van der Waals surface area contributed by atoms with Crippen LogP contribution in [-0.2, 0) is 10.9 Å². The average molecular weight is 359 g/mol. The summed E-state index contributed by atoms with van der Waals surface area (Å²) in [6.07, 6.45) is 5.03. The van der Waals surface area contributed by atoms with Crippen LogP contribution in [0.2, 0.25) is 0 Å². The van der Waals surface area contributed by atoms with Crippen LogP contribution in [0.3, 0.4) is 0 Å². The molecule has 0 atom stereocenters. The molecule has 0 aliphatic rings. The highest BCUT2D eigenvalue weighted by atomic mass is 32.2. The van der Waals surface area contributed by atoms with Gasteiger partial charge in [0.1, 0.15) is 0 Å². The van der Waals surface area contributed by atoms with Crippen molar-refractivity contribution in [2.75, 3.05) is 0 Å². The Hall–Kier alpha value is -3.75. The van der Waals surface area contributed by atoms with Gasteiger partial charge in [0.25, 0.3) is 0 Å². The molecule has 0 saturated carbocycles. The normalized spacial score (nSPS) is 8.89. The van der Waals surface area contributed by atoms with Gasteiger partial charge < -0.3 is 0 Å². The fourth-order valence-electron chi connectivity index (χ4n) is 2.43. The van der Waals surface area contributed by atoms with Crippen molar-refractivity contribution in [2.24, 2.45) is 0 Å². The summed E-state index contributed by atoms with van der Waals surface area (Å²) in [6.45, 7) is 0. The first-order valence-electron chi connectivity index (χ1n) is 8.29. The predicted molar refractivity (Wildman–Crippen MR) is 113 cm³/mol. The van der Waals surface area contributed by atoms with Crippen molar-refractivity contribution >= 4 is 10.9 Å². The van der Waals surface area contributed by atoms with Gasteiger partial charge in [0.2, 0.25) is 0 Å². The van der Waals surface area contributed by atoms with Crippen LogP contribution in [0.5, 0.6) is 0 Å². The summed E-state index contributed by atoms with van der Waals surface area (Å²) in [5.74, 6) is 18.3. The van der Waals surface area contributed by atoms with Gasteiger partial charge in [-0.3, -0.25) is 0 Å². The molecule has 0 radical (unpaired) electrons. The van der Waals surface area contributed by atoms with E-state index in [2.05, 4.69) is 102 Å². The summed E-state index contributed by atoms with van der Waals surface area (Å²) in [4.78, 5) is 3.84. The van der Waals surface area contributed by atoms with E-state index in [0.29, 0.717) is 0 Å². The van der Waals surface area contributed by atoms with E-state index >= 15 is 0 Å². The fraction of sp³-hybridized carbons (Fsp3) is 0. The minimum Gasteiger partial charge on any atom is -0.106 e. The lowest BCUT2D eigenvalue weighted by Crippen LogP contribution is -2.04. The standard InChI is InChI=1S/C26H15S/c1-2-3-4-5-6-9-14-23-19-21-26(22-20-23)27(24-15-10-7-11-16-24)25-17-12-8-13-18-25/h1,7-8,10-13,15-22H/q+1. The smallest absolute Gasteiger partial charge is 0.106 e. The number of rotatable bonds is 3. The van der Waals surface area contributed by atoms with Gasteiger partial charge in [0.15, 0.2) is 14.7 Å². The molecule has 0 amide bonds. The van der Waals surface area contributed by atoms with Crippen molar-refractivity contribution < 1.29 is 0 Å². The third-order valence-corrected chi connectivity index (χ3v) is 5.81. The second-order valence-corrected chi connectivity index (χ2v) is 7.38. The van der Waals surface area contributed by atoms with Crippen LogP contribution in [0.15, 0.2) is 99.6 Å². The van der Waals surface area contributed by atoms with Crippen LogP contribution < -0.4 is 0 Å². The van der Waals surface area contributed by atoms with Gasteiger partial charge in [-0.05, 0) is 84.1 Å². The Morgan fingerprint density at radius 2 is 1.00 bits per heavy atom. The second kappa shape index (κ2) is 9.66. The third-order valence-electron chi connectivity index (χ3n) is 3.58. The van der Waals surface area contributed by atoms with Crippen LogP contribution in [0.4, 0.5) is 0 Å². The van der Waals surface area contributed by atoms with Crippen molar-refractivity contribution in [2.45, 2.75) is 14.7 Å². The zero-order chi connectivity index (χ0) is 18.7. The van der Waals surface area contributed by atoms with Crippen LogP contribution in [0, 0.1) is 47.9 Å². The Balaban J connectivity index is 1.90. The highest BCUT2D eigenvalue weighted by molar-refractivity contribution is 7.97. The van der Waals surface area contributed by atoms with E-state index in [9.17, 15) is 0 Å². The van der Waals surface area contributed by atoms with Gasteiger partial charge in [0, 0.05) is 5.56 Å². The molecule has 27 heavy (non-hydrogen) atoms. The number of hydrogen-bond acceptors (Lipinski definition) is 0. The topological polar surface area (TPSA) is 0 Å². The summed E-state index contributed by atoms with van der Waals surface area (Å²) in [5, 5.41) is 0. The lowest BCUT2D eigenvalue weighted by Gasteiger charge is -2.07. The summed E-state index contributed by atoms with van der Waals surface area (Å²) in [5.41, 5.74) is 0.919. The minimum absolute atomic E-state index is 0.147. The molecule has 0 heterocycles. The molecule has 0 saturated heterocycles. The van der Waals surface area contributed by atoms with Gasteiger partial charge in [-0.15, -0.1) is 6.42 Å². The molecule has 3 rings (SSSR count). The maximum atomic E-state index is 5.03. The van der Waals surface area contributed by atoms with Crippen molar-refractivity contribution in [1.29, 1.82) is 0 Å². The maximum Gasteiger partial charge on any atom is 0.166 e. The van der Waals surface area contributed by atoms with E-state index < -0.39 is 0 Å². The molecule has 1 heteroatoms. The lowest BCUT2D eigenvalue weighted by molar-refractivity contribution is 1.31. The first-order valence-corrected chi connectivity index (χ1v) is 9.52. The quantitative estimate of drug-likeness (QED) is 0.467. The SMILES string of the molecule is C#CC#CC#CC#Cc1ccc([S+](c2ccccc2)c2ccccc2)cc1. The highest BCUT2D eigenvalue weighted by Crippen LogP contribution is 2.30. The van der Waals surface area contributed by atoms with Gasteiger partial charge in [0.05, 0.1) is 10.9 Å². The van der Waals surface area contributed by atoms with E-state index in [4.69, 9.17) is 6.42 Å². The molecule has 3 aromatic carbocycles. The van der Waals surface area contributed by atoms with Crippen molar-refractivity contribution in [3.05, 3.63) is 90.5 Å². The van der Waals surface area contributed by atoms with Crippen molar-refractivity contribution in [3.63, 3.8) is 0 Å². The van der Waals surface area contributed by atoms with E-state index in [1.165, 1.54) is 14.7 Å². The van der Waals surface area contributed by atoms with Crippen LogP contribution in [0.1, 0.15) is 5.56 Å². The van der Waals surface area contributed by atoms with Gasteiger partial charge in [-0.25, -0.2) is 0 Å². The van der Waals surface area contributed by atoms with E-state index in [-0.39, 0.29) is 10.9 Å². The molecule has 0 fully saturated rings. The zero-order valence-electron chi connectivity index (χ0n) is 14.6. The Kier molecular flexibility index (Phi) is 6.46. The zero-order valence-corrected chi connectivity index (χ0v) is 15.4. The molecular weight excluding hydrogens is 344 g/mol. The molecule has 0 aliphatic carbocycles. The van der Waals surface area contributed by atoms with E-state index in [1.54, 1.807) is 0 Å². The largest absolute Gasteiger partial charge is 0.166 e. The molecule has 0 aromatic heterocycles. The number of terminal acetylenes is 1. The van der Waals surface area contributed by atoms with Crippen LogP contribution >= 0.6 is 0 Å². The summed E-state index contributed by atoms with van der Waals surface area (Å²) in [7, 11) is -0.147. The monoisotopic (exact) mass is 359 g/mol. The summed E-state index contributed by atoms with van der Waals surface area (Å²) in [6, 6.07) is 29.5. The third kappa shape index (κ3) is 5.11. The van der Waals surface area contributed by atoms with Gasteiger partial charge in [-0.2, -0.15) is 0 Å². The van der Waals surface area contributed by atoms with Crippen LogP contribution in [0.25, 0.3) is 0 Å². The minimum atomic E-state index is -0.147. The predicted octanol–water partition coefficient (Wildman–Crippen LogP) is 4.77. The number of hydrogen-bond donors (Lipinski definition) is 0. The van der Waals surface area contributed by atoms with Crippen molar-refractivity contribution in [3.8, 4) is 47.9 Å². The Morgan fingerprint density at radius 3 is 1.56 bits per heavy atom. The van der Waals surface area contributed by atoms with Crippen molar-refractivity contribution in [1.82, 2.24) is 0 Å².